The van der Waals surface area contributed by atoms with Gasteiger partial charge in [0, 0.05) is 114 Å². The van der Waals surface area contributed by atoms with Gasteiger partial charge < -0.3 is 22.4 Å². The normalized spacial score (nSPS) is 12.5. The van der Waals surface area contributed by atoms with E-state index in [0.717, 1.165) is 105 Å². The highest BCUT2D eigenvalue weighted by atomic mass is 32.1. The summed E-state index contributed by atoms with van der Waals surface area (Å²) in [7, 11) is 0. The van der Waals surface area contributed by atoms with Crippen molar-refractivity contribution in [1.82, 2.24) is 37.9 Å². The molecular formula is C106H58N8OS. The van der Waals surface area contributed by atoms with Crippen LogP contribution in [0.15, 0.2) is 356 Å². The first-order valence-corrected chi connectivity index (χ1v) is 40.3. The summed E-state index contributed by atoms with van der Waals surface area (Å²) in [6.07, 6.45) is 0. The van der Waals surface area contributed by atoms with E-state index in [-0.39, 0.29) is 0 Å². The Balaban J connectivity index is 0.565. The van der Waals surface area contributed by atoms with Gasteiger partial charge in [-0.1, -0.05) is 237 Å². The zero-order valence-electron chi connectivity index (χ0n) is 61.9. The van der Waals surface area contributed by atoms with Gasteiger partial charge in [-0.2, -0.15) is 0 Å². The number of hydrogen-bond donors (Lipinski definition) is 0. The van der Waals surface area contributed by atoms with Crippen LogP contribution in [0.4, 0.5) is 0 Å². The molecule has 534 valence electrons. The molecule has 0 saturated heterocycles. The molecule has 0 saturated carbocycles. The molecule has 0 spiro atoms. The fourth-order valence-corrected chi connectivity index (χ4v) is 21.2. The van der Waals surface area contributed by atoms with Crippen LogP contribution in [0.1, 0.15) is 0 Å². The maximum atomic E-state index is 6.75. The van der Waals surface area contributed by atoms with E-state index in [0.29, 0.717) is 17.2 Å². The maximum absolute atomic E-state index is 6.75. The van der Waals surface area contributed by atoms with Gasteiger partial charge in [0.15, 0.2) is 17.2 Å². The molecule has 0 N–H and O–H groups in total. The van der Waals surface area contributed by atoms with Crippen LogP contribution in [0.25, 0.3) is 263 Å². The summed E-state index contributed by atoms with van der Waals surface area (Å²) in [6.45, 7) is 0. The first-order valence-electron chi connectivity index (χ1n) is 39.5. The van der Waals surface area contributed by atoms with Crippen LogP contribution in [-0.2, 0) is 0 Å². The van der Waals surface area contributed by atoms with E-state index < -0.39 is 0 Å². The summed E-state index contributed by atoms with van der Waals surface area (Å²) in [5.41, 5.74) is 27.4. The predicted octanol–water partition coefficient (Wildman–Crippen LogP) is 28.3. The third-order valence-corrected chi connectivity index (χ3v) is 26.2. The van der Waals surface area contributed by atoms with Crippen LogP contribution in [0, 0.1) is 0 Å². The molecule has 27 rings (SSSR count). The van der Waals surface area contributed by atoms with Gasteiger partial charge in [0.05, 0.1) is 71.1 Å². The van der Waals surface area contributed by atoms with E-state index in [1.165, 1.54) is 141 Å². The summed E-state index contributed by atoms with van der Waals surface area (Å²) < 4.78 is 19.1. The van der Waals surface area contributed by atoms with Gasteiger partial charge in [0.25, 0.3) is 0 Å². The minimum Gasteiger partial charge on any atom is -0.452 e. The van der Waals surface area contributed by atoms with E-state index in [9.17, 15) is 0 Å². The zero-order valence-corrected chi connectivity index (χ0v) is 62.7. The molecule has 0 fully saturated rings. The van der Waals surface area contributed by atoms with Crippen LogP contribution in [0.5, 0.6) is 0 Å². The van der Waals surface area contributed by atoms with Crippen molar-refractivity contribution in [3.63, 3.8) is 0 Å². The topological polar surface area (TPSA) is 83.4 Å². The monoisotopic (exact) mass is 1490 g/mol. The molecule has 0 aliphatic heterocycles. The molecule has 27 aromatic rings. The van der Waals surface area contributed by atoms with Crippen molar-refractivity contribution in [2.45, 2.75) is 0 Å². The molecule has 0 bridgehead atoms. The Kier molecular flexibility index (Phi) is 12.4. The highest BCUT2D eigenvalue weighted by molar-refractivity contribution is 7.26. The first-order chi connectivity index (χ1) is 57.5. The van der Waals surface area contributed by atoms with Crippen LogP contribution in [0.3, 0.4) is 0 Å². The summed E-state index contributed by atoms with van der Waals surface area (Å²) in [5.74, 6) is 1.33. The van der Waals surface area contributed by atoms with Gasteiger partial charge in [0.1, 0.15) is 16.8 Å². The molecule has 0 aliphatic rings. The summed E-state index contributed by atoms with van der Waals surface area (Å²) in [6, 6.07) is 128. The molecule has 116 heavy (non-hydrogen) atoms. The van der Waals surface area contributed by atoms with Gasteiger partial charge >= 0.3 is 0 Å². The number of para-hydroxylation sites is 4. The Hall–Kier alpha value is -15.4. The van der Waals surface area contributed by atoms with Crippen LogP contribution < -0.4 is 0 Å². The SMILES string of the molecule is c1ccc(-c2nc(-c3ccc(-n4c5ccccc5c5cc6c7c(-c8ccc(-c9ccc(-c%10nc(-c%11ccc(-n%12c%13ccccc%13c%13cc%14c%15ccccc%15n%15c%16ccc%17ccccc%17c%16c(c%13%12)c%14%15)cc%11)nc%11c%10oc%10ccccc%10%11)cc9)cc8)cccc7n7c8ccc9ccccc9c8c(c54)c67)cc3)nc3c2sc2ccccc23)cc1. The summed E-state index contributed by atoms with van der Waals surface area (Å²) in [5, 5.41) is 21.9. The van der Waals surface area contributed by atoms with Crippen molar-refractivity contribution < 1.29 is 4.42 Å². The second-order valence-corrected chi connectivity index (χ2v) is 32.1. The standard InChI is InChI=1S/C106H58N8OS/c1-2-21-64(22-3-1)96-104-98(77-29-12-17-36-89(77)116-104)110-106(108-96)67-47-53-69(54-48-67)112-83-32-14-9-26-74(83)80-58-81-90-70(30-18-34-85(90)114-87-56-50-62-20-5-7-24-72(62)92(87)94(100(80)112)102(81)114)63-41-37-59(38-42-63)60-39-43-65(44-40-60)95-103-97(76-28-11-16-35-88(76)115-103)109-105(107-95)66-45-51-68(52-46-66)111-82-31-13-8-25-73(82)78-57-79-75-27-10-15-33-84(75)113-86-55-49-61-19-4-6-23-71(61)91(86)93(99(78)111)101(79)113/h1-58H. The highest BCUT2D eigenvalue weighted by Gasteiger charge is 2.30. The van der Waals surface area contributed by atoms with Crippen LogP contribution in [-0.4, -0.2) is 37.9 Å². The largest absolute Gasteiger partial charge is 0.452 e. The van der Waals surface area contributed by atoms with E-state index >= 15 is 0 Å². The lowest BCUT2D eigenvalue weighted by molar-refractivity contribution is 0.667. The first kappa shape index (κ1) is 62.3. The molecule has 10 heterocycles. The third-order valence-electron chi connectivity index (χ3n) is 25.0. The lowest BCUT2D eigenvalue weighted by Crippen LogP contribution is -1.96. The highest BCUT2D eigenvalue weighted by Crippen LogP contribution is 2.53. The Labute approximate surface area is 663 Å². The number of fused-ring (bicyclic) bond motifs is 30. The average molecular weight is 1490 g/mol. The predicted molar refractivity (Wildman–Crippen MR) is 483 cm³/mol. The fraction of sp³-hybridized carbons (Fsp3) is 0. The maximum Gasteiger partial charge on any atom is 0.180 e. The van der Waals surface area contributed by atoms with Gasteiger partial charge in [-0.3, -0.25) is 0 Å². The Morgan fingerprint density at radius 1 is 0.250 bits per heavy atom. The lowest BCUT2D eigenvalue weighted by Gasteiger charge is -2.12. The van der Waals surface area contributed by atoms with Crippen molar-refractivity contribution in [1.29, 1.82) is 0 Å². The molecule has 0 aliphatic carbocycles. The third kappa shape index (κ3) is 8.45. The Morgan fingerprint density at radius 2 is 0.690 bits per heavy atom. The number of aromatic nitrogens is 8. The van der Waals surface area contributed by atoms with Crippen molar-refractivity contribution >= 4 is 195 Å². The van der Waals surface area contributed by atoms with E-state index in [1.54, 1.807) is 11.3 Å². The van der Waals surface area contributed by atoms with Crippen molar-refractivity contribution in [3.8, 4) is 78.9 Å². The van der Waals surface area contributed by atoms with Crippen molar-refractivity contribution in [3.05, 3.63) is 352 Å². The number of thiophene rings is 1. The minimum atomic E-state index is 0.625. The number of nitrogens with zero attached hydrogens (tertiary/aromatic N) is 8. The Bertz CT molecular complexity index is 8930. The quantitative estimate of drug-likeness (QED) is 0.151. The molecule has 0 amide bonds. The van der Waals surface area contributed by atoms with E-state index in [4.69, 9.17) is 24.4 Å². The minimum absolute atomic E-state index is 0.625. The van der Waals surface area contributed by atoms with E-state index in [1.807, 2.05) is 12.1 Å². The fourth-order valence-electron chi connectivity index (χ4n) is 20.0. The zero-order chi connectivity index (χ0) is 75.3. The molecule has 0 radical (unpaired) electrons. The van der Waals surface area contributed by atoms with Crippen LogP contribution >= 0.6 is 11.3 Å². The Morgan fingerprint density at radius 3 is 1.32 bits per heavy atom. The number of hydrogen-bond acceptors (Lipinski definition) is 6. The molecule has 0 unspecified atom stereocenters. The lowest BCUT2D eigenvalue weighted by atomic mass is 9.95. The smallest absolute Gasteiger partial charge is 0.180 e. The van der Waals surface area contributed by atoms with Gasteiger partial charge in [-0.25, -0.2) is 19.9 Å². The van der Waals surface area contributed by atoms with Crippen molar-refractivity contribution in [2.75, 3.05) is 0 Å². The summed E-state index contributed by atoms with van der Waals surface area (Å²) >= 11 is 1.76. The van der Waals surface area contributed by atoms with E-state index in [2.05, 4.69) is 358 Å². The second-order valence-electron chi connectivity index (χ2n) is 31.0. The molecule has 10 heteroatoms. The molecule has 10 aromatic heterocycles. The molecule has 0 atom stereocenters. The number of benzene rings is 17. The second kappa shape index (κ2) is 23.2. The van der Waals surface area contributed by atoms with Gasteiger partial charge in [-0.05, 0) is 159 Å². The molecule has 9 nitrogen and oxygen atoms in total. The molecule has 17 aromatic carbocycles. The average Bonchev–Trinajstić information content (AvgIpc) is 1.51. The van der Waals surface area contributed by atoms with Crippen molar-refractivity contribution in [2.24, 2.45) is 0 Å². The molecular weight excluding hydrogens is 1430 g/mol. The summed E-state index contributed by atoms with van der Waals surface area (Å²) in [4.78, 5) is 21.6. The number of rotatable bonds is 8. The van der Waals surface area contributed by atoms with Gasteiger partial charge in [-0.15, -0.1) is 11.3 Å². The van der Waals surface area contributed by atoms with Crippen LogP contribution in [0.2, 0.25) is 0 Å². The number of furan rings is 1. The van der Waals surface area contributed by atoms with Gasteiger partial charge in [0.2, 0.25) is 0 Å².